The molecule has 0 spiro atoms. The minimum Gasteiger partial charge on any atom is -0.444 e. The highest BCUT2D eigenvalue weighted by atomic mass is 35.5. The predicted octanol–water partition coefficient (Wildman–Crippen LogP) is 3.85. The number of nitrogens with zero attached hydrogens (tertiary/aromatic N) is 2. The maximum atomic E-state index is 12.2. The molecule has 1 aliphatic carbocycles. The summed E-state index contributed by atoms with van der Waals surface area (Å²) in [6, 6.07) is 4.19. The van der Waals surface area contributed by atoms with Crippen LogP contribution in [0.15, 0.2) is 18.3 Å². The van der Waals surface area contributed by atoms with Crippen molar-refractivity contribution in [3.8, 4) is 0 Å². The number of hydrogen-bond acceptors (Lipinski definition) is 3. The summed E-state index contributed by atoms with van der Waals surface area (Å²) >= 11 is 5.84. The van der Waals surface area contributed by atoms with Crippen LogP contribution in [-0.4, -0.2) is 34.2 Å². The molecular weight excluding hydrogens is 288 g/mol. The summed E-state index contributed by atoms with van der Waals surface area (Å²) in [5.74, 6) is 0.990. The molecule has 1 saturated carbocycles. The number of halogens is 1. The molecule has 2 bridgehead atoms. The first-order valence-electron chi connectivity index (χ1n) is 7.44. The smallest absolute Gasteiger partial charge is 0.410 e. The van der Waals surface area contributed by atoms with Crippen molar-refractivity contribution in [2.24, 2.45) is 5.92 Å². The third kappa shape index (κ3) is 3.00. The van der Waals surface area contributed by atoms with Gasteiger partial charge in [-0.2, -0.15) is 0 Å². The number of likely N-dealkylation sites (tertiary alicyclic amines) is 1. The molecule has 1 saturated heterocycles. The molecule has 1 aromatic heterocycles. The zero-order valence-electron chi connectivity index (χ0n) is 12.7. The lowest BCUT2D eigenvalue weighted by Gasteiger charge is -2.33. The highest BCUT2D eigenvalue weighted by Gasteiger charge is 2.47. The van der Waals surface area contributed by atoms with Gasteiger partial charge < -0.3 is 9.64 Å². The van der Waals surface area contributed by atoms with Crippen LogP contribution in [0.3, 0.4) is 0 Å². The van der Waals surface area contributed by atoms with Crippen molar-refractivity contribution >= 4 is 17.7 Å². The quantitative estimate of drug-likeness (QED) is 0.740. The predicted molar refractivity (Wildman–Crippen MR) is 81.4 cm³/mol. The molecule has 114 valence electrons. The van der Waals surface area contributed by atoms with E-state index < -0.39 is 5.60 Å². The van der Waals surface area contributed by atoms with Crippen molar-refractivity contribution in [3.63, 3.8) is 0 Å². The van der Waals surface area contributed by atoms with Crippen LogP contribution in [0.2, 0.25) is 5.15 Å². The lowest BCUT2D eigenvalue weighted by Crippen LogP contribution is -2.42. The number of pyridine rings is 1. The third-order valence-electron chi connectivity index (χ3n) is 4.35. The van der Waals surface area contributed by atoms with Gasteiger partial charge in [0.05, 0.1) is 0 Å². The van der Waals surface area contributed by atoms with Gasteiger partial charge in [-0.3, -0.25) is 0 Å². The van der Waals surface area contributed by atoms with Gasteiger partial charge in [0.2, 0.25) is 0 Å². The molecule has 2 heterocycles. The topological polar surface area (TPSA) is 42.4 Å². The van der Waals surface area contributed by atoms with Gasteiger partial charge in [-0.1, -0.05) is 17.7 Å². The van der Waals surface area contributed by atoms with Crippen LogP contribution in [-0.2, 0) is 4.74 Å². The largest absolute Gasteiger partial charge is 0.444 e. The molecule has 0 N–H and O–H groups in total. The summed E-state index contributed by atoms with van der Waals surface area (Å²) in [6.07, 6.45) is 3.74. The number of amides is 1. The van der Waals surface area contributed by atoms with E-state index in [2.05, 4.69) is 11.1 Å². The van der Waals surface area contributed by atoms with Gasteiger partial charge in [0, 0.05) is 18.8 Å². The number of rotatable bonds is 1. The molecule has 1 aliphatic heterocycles. The molecule has 0 radical (unpaired) electrons. The van der Waals surface area contributed by atoms with E-state index in [-0.39, 0.29) is 6.09 Å². The molecule has 1 amide bonds. The zero-order valence-corrected chi connectivity index (χ0v) is 13.4. The lowest BCUT2D eigenvalue weighted by molar-refractivity contribution is 0.0181. The fourth-order valence-corrected chi connectivity index (χ4v) is 3.62. The molecule has 4 nitrogen and oxygen atoms in total. The average molecular weight is 309 g/mol. The average Bonchev–Trinajstić information content (AvgIpc) is 2.97. The maximum absolute atomic E-state index is 12.2. The van der Waals surface area contributed by atoms with Gasteiger partial charge in [0.15, 0.2) is 0 Å². The normalized spacial score (nSPS) is 28.0. The molecule has 0 aromatic carbocycles. The zero-order chi connectivity index (χ0) is 15.2. The second kappa shape index (κ2) is 5.16. The Bertz CT molecular complexity index is 538. The van der Waals surface area contributed by atoms with Crippen molar-refractivity contribution < 1.29 is 9.53 Å². The Morgan fingerprint density at radius 1 is 1.38 bits per heavy atom. The molecule has 21 heavy (non-hydrogen) atoms. The van der Waals surface area contributed by atoms with Gasteiger partial charge in [0.1, 0.15) is 10.8 Å². The van der Waals surface area contributed by atoms with E-state index in [4.69, 9.17) is 16.3 Å². The first kappa shape index (κ1) is 14.6. The van der Waals surface area contributed by atoms with E-state index in [1.807, 2.05) is 37.9 Å². The highest BCUT2D eigenvalue weighted by molar-refractivity contribution is 6.29. The van der Waals surface area contributed by atoms with E-state index >= 15 is 0 Å². The van der Waals surface area contributed by atoms with Crippen molar-refractivity contribution in [1.29, 1.82) is 0 Å². The maximum Gasteiger partial charge on any atom is 0.410 e. The summed E-state index contributed by atoms with van der Waals surface area (Å²) in [7, 11) is 0. The molecule has 2 fully saturated rings. The highest BCUT2D eigenvalue weighted by Crippen LogP contribution is 2.47. The fourth-order valence-electron chi connectivity index (χ4n) is 3.51. The number of piperidine rings is 1. The molecule has 1 aromatic rings. The molecule has 5 heteroatoms. The first-order chi connectivity index (χ1) is 9.83. The number of ether oxygens (including phenoxy) is 1. The van der Waals surface area contributed by atoms with Gasteiger partial charge >= 0.3 is 6.09 Å². The summed E-state index contributed by atoms with van der Waals surface area (Å²) in [6.45, 7) is 6.50. The monoisotopic (exact) mass is 308 g/mol. The number of hydrogen-bond donors (Lipinski definition) is 0. The molecule has 2 aliphatic rings. The molecule has 3 atom stereocenters. The summed E-state index contributed by atoms with van der Waals surface area (Å²) in [5.41, 5.74) is 0.800. The van der Waals surface area contributed by atoms with Gasteiger partial charge in [-0.15, -0.1) is 0 Å². The Morgan fingerprint density at radius 3 is 2.67 bits per heavy atom. The van der Waals surface area contributed by atoms with Crippen LogP contribution in [0.4, 0.5) is 4.79 Å². The number of carbonyl (C=O) groups is 1. The second-order valence-corrected chi connectivity index (χ2v) is 7.43. The van der Waals surface area contributed by atoms with Crippen LogP contribution >= 0.6 is 11.6 Å². The molecule has 0 unspecified atom stereocenters. The van der Waals surface area contributed by atoms with Gasteiger partial charge in [-0.05, 0) is 57.1 Å². The Balaban J connectivity index is 1.66. The van der Waals surface area contributed by atoms with E-state index in [1.165, 1.54) is 5.56 Å². The van der Waals surface area contributed by atoms with Crippen LogP contribution in [0.1, 0.15) is 45.1 Å². The lowest BCUT2D eigenvalue weighted by atomic mass is 9.88. The van der Waals surface area contributed by atoms with Gasteiger partial charge in [0.25, 0.3) is 0 Å². The third-order valence-corrected chi connectivity index (χ3v) is 4.57. The Morgan fingerprint density at radius 2 is 2.14 bits per heavy atom. The van der Waals surface area contributed by atoms with E-state index in [1.54, 1.807) is 0 Å². The van der Waals surface area contributed by atoms with E-state index in [9.17, 15) is 4.79 Å². The Labute approximate surface area is 130 Å². The van der Waals surface area contributed by atoms with E-state index in [0.29, 0.717) is 23.0 Å². The standard InChI is InChI=1S/C16H21ClN2O2/c1-16(2,3)21-15(20)19-9-11-6-12(19)7-13(11)10-4-5-14(17)18-8-10/h4-5,8,11-13H,6-7,9H2,1-3H3/t11-,12-,13-/m0/s1. The van der Waals surface area contributed by atoms with Crippen molar-refractivity contribution in [1.82, 2.24) is 9.88 Å². The van der Waals surface area contributed by atoms with Crippen LogP contribution in [0.5, 0.6) is 0 Å². The van der Waals surface area contributed by atoms with Crippen LogP contribution in [0, 0.1) is 5.92 Å². The van der Waals surface area contributed by atoms with Crippen molar-refractivity contribution in [2.75, 3.05) is 6.54 Å². The summed E-state index contributed by atoms with van der Waals surface area (Å²) in [4.78, 5) is 18.3. The summed E-state index contributed by atoms with van der Waals surface area (Å²) < 4.78 is 5.49. The van der Waals surface area contributed by atoms with Crippen molar-refractivity contribution in [2.45, 2.75) is 51.2 Å². The van der Waals surface area contributed by atoms with E-state index in [0.717, 1.165) is 19.4 Å². The SMILES string of the molecule is CC(C)(C)OC(=O)N1C[C@@H]2C[C@H]1C[C@H]2c1ccc(Cl)nc1. The van der Waals surface area contributed by atoms with Gasteiger partial charge in [-0.25, -0.2) is 9.78 Å². The number of fused-ring (bicyclic) bond motifs is 2. The minimum absolute atomic E-state index is 0.178. The Hall–Kier alpha value is -1.29. The number of aromatic nitrogens is 1. The molecular formula is C16H21ClN2O2. The minimum atomic E-state index is -0.432. The summed E-state index contributed by atoms with van der Waals surface area (Å²) in [5, 5.41) is 0.525. The first-order valence-corrected chi connectivity index (χ1v) is 7.82. The van der Waals surface area contributed by atoms with Crippen LogP contribution in [0.25, 0.3) is 0 Å². The molecule has 3 rings (SSSR count). The number of carbonyl (C=O) groups excluding carboxylic acids is 1. The van der Waals surface area contributed by atoms with Crippen LogP contribution < -0.4 is 0 Å². The van der Waals surface area contributed by atoms with Crippen molar-refractivity contribution in [3.05, 3.63) is 29.0 Å². The Kier molecular flexibility index (Phi) is 3.60. The second-order valence-electron chi connectivity index (χ2n) is 7.04. The fraction of sp³-hybridized carbons (Fsp3) is 0.625.